The SMILES string of the molecule is COc1ccc(SC(C)C(=O)N2C[C@H](C(=O)O)[C@H](c3ccccc3)C2)cc1. The fourth-order valence-corrected chi connectivity index (χ4v) is 4.39. The first kappa shape index (κ1) is 19.3. The fourth-order valence-electron chi connectivity index (χ4n) is 3.44. The van der Waals surface area contributed by atoms with Crippen molar-refractivity contribution in [2.45, 2.75) is 23.0 Å². The summed E-state index contributed by atoms with van der Waals surface area (Å²) in [6, 6.07) is 17.2. The van der Waals surface area contributed by atoms with Crippen LogP contribution in [0.4, 0.5) is 0 Å². The van der Waals surface area contributed by atoms with Gasteiger partial charge in [0.2, 0.25) is 5.91 Å². The molecule has 0 spiro atoms. The Morgan fingerprint density at radius 1 is 1.11 bits per heavy atom. The number of likely N-dealkylation sites (tertiary alicyclic amines) is 1. The van der Waals surface area contributed by atoms with Crippen LogP contribution in [0.15, 0.2) is 59.5 Å². The maximum atomic E-state index is 12.9. The molecule has 5 nitrogen and oxygen atoms in total. The highest BCUT2D eigenvalue weighted by molar-refractivity contribution is 8.00. The molecule has 3 atom stereocenters. The average Bonchev–Trinajstić information content (AvgIpc) is 3.14. The molecule has 1 aliphatic heterocycles. The smallest absolute Gasteiger partial charge is 0.308 e. The lowest BCUT2D eigenvalue weighted by atomic mass is 9.89. The first-order chi connectivity index (χ1) is 13.0. The third-order valence-electron chi connectivity index (χ3n) is 4.90. The van der Waals surface area contributed by atoms with E-state index in [1.54, 1.807) is 12.0 Å². The maximum absolute atomic E-state index is 12.9. The number of rotatable bonds is 6. The molecule has 0 saturated carbocycles. The molecule has 0 radical (unpaired) electrons. The van der Waals surface area contributed by atoms with Crippen molar-refractivity contribution in [1.29, 1.82) is 0 Å². The predicted octanol–water partition coefficient (Wildman–Crippen LogP) is 3.50. The number of carboxylic acid groups (broad SMARTS) is 1. The second-order valence-electron chi connectivity index (χ2n) is 6.64. The number of methoxy groups -OCH3 is 1. The van der Waals surface area contributed by atoms with Crippen LogP contribution in [-0.2, 0) is 9.59 Å². The van der Waals surface area contributed by atoms with E-state index in [1.807, 2.05) is 61.5 Å². The van der Waals surface area contributed by atoms with Gasteiger partial charge in [0.1, 0.15) is 5.75 Å². The number of thioether (sulfide) groups is 1. The van der Waals surface area contributed by atoms with E-state index in [0.29, 0.717) is 6.54 Å². The zero-order valence-electron chi connectivity index (χ0n) is 15.4. The number of carbonyl (C=O) groups is 2. The number of aliphatic carboxylic acids is 1. The average molecular weight is 385 g/mol. The number of ether oxygens (including phenoxy) is 1. The van der Waals surface area contributed by atoms with E-state index in [9.17, 15) is 14.7 Å². The normalized spacial score (nSPS) is 20.3. The van der Waals surface area contributed by atoms with Crippen LogP contribution in [0, 0.1) is 5.92 Å². The molecule has 3 rings (SSSR count). The largest absolute Gasteiger partial charge is 0.497 e. The Kier molecular flexibility index (Phi) is 6.06. The monoisotopic (exact) mass is 385 g/mol. The molecule has 0 aromatic heterocycles. The van der Waals surface area contributed by atoms with Gasteiger partial charge in [0.25, 0.3) is 0 Å². The van der Waals surface area contributed by atoms with Crippen molar-refractivity contribution < 1.29 is 19.4 Å². The molecular weight excluding hydrogens is 362 g/mol. The summed E-state index contributed by atoms with van der Waals surface area (Å²) >= 11 is 1.47. The number of carbonyl (C=O) groups excluding carboxylic acids is 1. The molecule has 1 unspecified atom stereocenters. The van der Waals surface area contributed by atoms with Gasteiger partial charge >= 0.3 is 5.97 Å². The van der Waals surface area contributed by atoms with Gasteiger partial charge in [-0.3, -0.25) is 9.59 Å². The topological polar surface area (TPSA) is 66.8 Å². The fraction of sp³-hybridized carbons (Fsp3) is 0.333. The van der Waals surface area contributed by atoms with Crippen molar-refractivity contribution in [2.75, 3.05) is 20.2 Å². The Hall–Kier alpha value is -2.47. The third kappa shape index (κ3) is 4.45. The Labute approximate surface area is 163 Å². The zero-order valence-corrected chi connectivity index (χ0v) is 16.2. The van der Waals surface area contributed by atoms with Gasteiger partial charge < -0.3 is 14.7 Å². The molecule has 142 valence electrons. The minimum absolute atomic E-state index is 0.0273. The van der Waals surface area contributed by atoms with Gasteiger partial charge in [-0.15, -0.1) is 11.8 Å². The van der Waals surface area contributed by atoms with Crippen molar-refractivity contribution in [3.05, 3.63) is 60.2 Å². The van der Waals surface area contributed by atoms with E-state index in [4.69, 9.17) is 4.74 Å². The lowest BCUT2D eigenvalue weighted by molar-refractivity contribution is -0.141. The van der Waals surface area contributed by atoms with Crippen LogP contribution in [0.1, 0.15) is 18.4 Å². The van der Waals surface area contributed by atoms with Crippen LogP contribution < -0.4 is 4.74 Å². The summed E-state index contributed by atoms with van der Waals surface area (Å²) in [7, 11) is 1.61. The lowest BCUT2D eigenvalue weighted by Crippen LogP contribution is -2.35. The van der Waals surface area contributed by atoms with E-state index in [1.165, 1.54) is 11.8 Å². The van der Waals surface area contributed by atoms with E-state index in [-0.39, 0.29) is 23.6 Å². The van der Waals surface area contributed by atoms with Gasteiger partial charge in [0.05, 0.1) is 18.3 Å². The van der Waals surface area contributed by atoms with Gasteiger partial charge in [-0.2, -0.15) is 0 Å². The van der Waals surface area contributed by atoms with Gasteiger partial charge in [0, 0.05) is 23.9 Å². The van der Waals surface area contributed by atoms with Gasteiger partial charge in [-0.25, -0.2) is 0 Å². The molecule has 1 aliphatic rings. The lowest BCUT2D eigenvalue weighted by Gasteiger charge is -2.21. The molecule has 1 amide bonds. The van der Waals surface area contributed by atoms with Crippen LogP contribution >= 0.6 is 11.8 Å². The predicted molar refractivity (Wildman–Crippen MR) is 105 cm³/mol. The summed E-state index contributed by atoms with van der Waals surface area (Å²) < 4.78 is 5.15. The highest BCUT2D eigenvalue weighted by Crippen LogP contribution is 2.35. The quantitative estimate of drug-likeness (QED) is 0.771. The Bertz CT molecular complexity index is 794. The number of amides is 1. The molecule has 0 bridgehead atoms. The highest BCUT2D eigenvalue weighted by atomic mass is 32.2. The summed E-state index contributed by atoms with van der Waals surface area (Å²) in [4.78, 5) is 27.3. The molecule has 1 saturated heterocycles. The number of nitrogens with zero attached hydrogens (tertiary/aromatic N) is 1. The maximum Gasteiger partial charge on any atom is 0.308 e. The summed E-state index contributed by atoms with van der Waals surface area (Å²) in [5.74, 6) is -0.858. The minimum atomic E-state index is -0.852. The number of carboxylic acids is 1. The van der Waals surface area contributed by atoms with Crippen LogP contribution in [0.5, 0.6) is 5.75 Å². The Morgan fingerprint density at radius 3 is 2.37 bits per heavy atom. The van der Waals surface area contributed by atoms with Crippen LogP contribution in [0.25, 0.3) is 0 Å². The van der Waals surface area contributed by atoms with Crippen molar-refractivity contribution in [1.82, 2.24) is 4.90 Å². The van der Waals surface area contributed by atoms with E-state index >= 15 is 0 Å². The number of benzene rings is 2. The molecule has 1 N–H and O–H groups in total. The van der Waals surface area contributed by atoms with Crippen LogP contribution in [0.2, 0.25) is 0 Å². The molecule has 1 heterocycles. The van der Waals surface area contributed by atoms with E-state index in [2.05, 4.69) is 0 Å². The first-order valence-corrected chi connectivity index (χ1v) is 9.75. The summed E-state index contributed by atoms with van der Waals surface area (Å²) in [6.45, 7) is 2.55. The van der Waals surface area contributed by atoms with Crippen LogP contribution in [0.3, 0.4) is 0 Å². The van der Waals surface area contributed by atoms with Gasteiger partial charge in [0.15, 0.2) is 0 Å². The highest BCUT2D eigenvalue weighted by Gasteiger charge is 2.41. The van der Waals surface area contributed by atoms with Crippen molar-refractivity contribution in [3.8, 4) is 5.75 Å². The van der Waals surface area contributed by atoms with Crippen molar-refractivity contribution in [3.63, 3.8) is 0 Å². The van der Waals surface area contributed by atoms with Gasteiger partial charge in [-0.1, -0.05) is 30.3 Å². The van der Waals surface area contributed by atoms with E-state index in [0.717, 1.165) is 16.2 Å². The standard InChI is InChI=1S/C21H23NO4S/c1-14(27-17-10-8-16(26-2)9-11-17)20(23)22-12-18(19(13-22)21(24)25)15-6-4-3-5-7-15/h3-11,14,18-19H,12-13H2,1-2H3,(H,24,25)/t14?,18-,19-/m0/s1. The first-order valence-electron chi connectivity index (χ1n) is 8.87. The molecule has 1 fully saturated rings. The third-order valence-corrected chi connectivity index (χ3v) is 6.00. The number of hydrogen-bond donors (Lipinski definition) is 1. The molecule has 27 heavy (non-hydrogen) atoms. The summed E-state index contributed by atoms with van der Waals surface area (Å²) in [5, 5.41) is 9.32. The van der Waals surface area contributed by atoms with E-state index < -0.39 is 11.9 Å². The van der Waals surface area contributed by atoms with Crippen molar-refractivity contribution in [2.24, 2.45) is 5.92 Å². The minimum Gasteiger partial charge on any atom is -0.497 e. The molecular formula is C21H23NO4S. The second-order valence-corrected chi connectivity index (χ2v) is 8.05. The summed E-state index contributed by atoms with van der Waals surface area (Å²) in [6.07, 6.45) is 0. The molecule has 0 aliphatic carbocycles. The Morgan fingerprint density at radius 2 is 1.78 bits per heavy atom. The molecule has 2 aromatic carbocycles. The summed E-state index contributed by atoms with van der Waals surface area (Å²) in [5.41, 5.74) is 0.968. The molecule has 2 aromatic rings. The van der Waals surface area contributed by atoms with Crippen LogP contribution in [-0.4, -0.2) is 47.3 Å². The Balaban J connectivity index is 1.69. The van der Waals surface area contributed by atoms with Crippen molar-refractivity contribution >= 4 is 23.6 Å². The van der Waals surface area contributed by atoms with Gasteiger partial charge in [-0.05, 0) is 36.8 Å². The second kappa shape index (κ2) is 8.48. The number of hydrogen-bond acceptors (Lipinski definition) is 4. The zero-order chi connectivity index (χ0) is 19.4. The molecule has 6 heteroatoms.